The molecule has 29 heavy (non-hydrogen) atoms. The van der Waals surface area contributed by atoms with Gasteiger partial charge in [-0.1, -0.05) is 49.0 Å². The van der Waals surface area contributed by atoms with Gasteiger partial charge in [0.2, 0.25) is 0 Å². The lowest BCUT2D eigenvalue weighted by Gasteiger charge is -2.10. The average molecular weight is 382 g/mol. The van der Waals surface area contributed by atoms with Crippen molar-refractivity contribution in [2.75, 3.05) is 12.3 Å². The van der Waals surface area contributed by atoms with Crippen molar-refractivity contribution >= 4 is 39.0 Å². The van der Waals surface area contributed by atoms with Crippen LogP contribution >= 0.6 is 0 Å². The van der Waals surface area contributed by atoms with Gasteiger partial charge >= 0.3 is 0 Å². The molecule has 5 heteroatoms. The summed E-state index contributed by atoms with van der Waals surface area (Å²) in [5.41, 5.74) is 9.30. The molecule has 0 aliphatic carbocycles. The first kappa shape index (κ1) is 18.6. The number of aryl methyl sites for hydroxylation is 1. The highest BCUT2D eigenvalue weighted by Crippen LogP contribution is 2.20. The van der Waals surface area contributed by atoms with E-state index < -0.39 is 0 Å². The van der Waals surface area contributed by atoms with E-state index in [-0.39, 0.29) is 12.3 Å². The molecule has 0 atom stereocenters. The van der Waals surface area contributed by atoms with Gasteiger partial charge in [-0.3, -0.25) is 4.79 Å². The third kappa shape index (κ3) is 4.24. The first-order valence-electron chi connectivity index (χ1n) is 9.54. The quantitative estimate of drug-likeness (QED) is 0.502. The second-order valence-corrected chi connectivity index (χ2v) is 7.01. The van der Waals surface area contributed by atoms with Crippen molar-refractivity contribution in [3.63, 3.8) is 0 Å². The minimum Gasteiger partial charge on any atom is -0.383 e. The molecule has 0 radical (unpaired) electrons. The van der Waals surface area contributed by atoms with Gasteiger partial charge in [-0.05, 0) is 35.6 Å². The second-order valence-electron chi connectivity index (χ2n) is 7.01. The van der Waals surface area contributed by atoms with Crippen molar-refractivity contribution < 1.29 is 4.79 Å². The Kier molecular flexibility index (Phi) is 5.20. The van der Waals surface area contributed by atoms with Gasteiger partial charge in [0.05, 0.1) is 23.5 Å². The fourth-order valence-electron chi connectivity index (χ4n) is 3.31. The number of nitrogens with one attached hydrogen (secondary N) is 1. The number of aromatic nitrogens is 2. The summed E-state index contributed by atoms with van der Waals surface area (Å²) >= 11 is 0. The van der Waals surface area contributed by atoms with Gasteiger partial charge < -0.3 is 11.1 Å². The Labute approximate surface area is 169 Å². The van der Waals surface area contributed by atoms with Crippen LogP contribution in [0.5, 0.6) is 0 Å². The molecule has 0 aliphatic rings. The predicted molar refractivity (Wildman–Crippen MR) is 118 cm³/mol. The van der Waals surface area contributed by atoms with Crippen LogP contribution < -0.4 is 11.1 Å². The van der Waals surface area contributed by atoms with Gasteiger partial charge in [-0.2, -0.15) is 0 Å². The topological polar surface area (TPSA) is 80.9 Å². The van der Waals surface area contributed by atoms with Crippen molar-refractivity contribution in [3.8, 4) is 0 Å². The van der Waals surface area contributed by atoms with Crippen molar-refractivity contribution in [2.24, 2.45) is 0 Å². The Bertz CT molecular complexity index is 1220. The third-order valence-electron chi connectivity index (χ3n) is 4.96. The highest BCUT2D eigenvalue weighted by Gasteiger charge is 2.07. The summed E-state index contributed by atoms with van der Waals surface area (Å²) in [6.07, 6.45) is 2.83. The van der Waals surface area contributed by atoms with E-state index >= 15 is 0 Å². The number of carbonyl (C=O) groups is 1. The lowest BCUT2D eigenvalue weighted by molar-refractivity contribution is -0.118. The average Bonchev–Trinajstić information content (AvgIpc) is 2.75. The zero-order valence-corrected chi connectivity index (χ0v) is 16.1. The Morgan fingerprint density at radius 3 is 2.79 bits per heavy atom. The van der Waals surface area contributed by atoms with Gasteiger partial charge in [0.25, 0.3) is 0 Å². The first-order chi connectivity index (χ1) is 14.1. The number of rotatable bonds is 7. The highest BCUT2D eigenvalue weighted by atomic mass is 16.1. The number of benzene rings is 2. The van der Waals surface area contributed by atoms with E-state index in [1.807, 2.05) is 54.6 Å². The molecule has 0 bridgehead atoms. The second kappa shape index (κ2) is 8.10. The van der Waals surface area contributed by atoms with E-state index in [0.717, 1.165) is 32.9 Å². The third-order valence-corrected chi connectivity index (χ3v) is 4.96. The van der Waals surface area contributed by atoms with E-state index in [1.54, 1.807) is 6.20 Å². The molecular weight excluding hydrogens is 360 g/mol. The molecule has 144 valence electrons. The number of para-hydroxylation sites is 1. The number of hydrogen-bond acceptors (Lipinski definition) is 5. The molecule has 0 fully saturated rings. The lowest BCUT2D eigenvalue weighted by Crippen LogP contribution is -2.22. The fourth-order valence-corrected chi connectivity index (χ4v) is 3.31. The van der Waals surface area contributed by atoms with Crippen molar-refractivity contribution in [1.82, 2.24) is 15.3 Å². The van der Waals surface area contributed by atoms with Crippen LogP contribution in [0.1, 0.15) is 17.7 Å². The normalized spacial score (nSPS) is 10.9. The molecular formula is C24H22N4O. The summed E-state index contributed by atoms with van der Waals surface area (Å²) in [6.45, 7) is 4.25. The summed E-state index contributed by atoms with van der Waals surface area (Å²) in [5.74, 6) is 0.649. The number of anilines is 1. The van der Waals surface area contributed by atoms with Crippen LogP contribution in [0.25, 0.3) is 27.4 Å². The number of fused-ring (bicyclic) bond motifs is 2. The minimum atomic E-state index is 0.126. The van der Waals surface area contributed by atoms with Crippen LogP contribution in [0.4, 0.5) is 5.82 Å². The number of nitrogens with zero attached hydrogens (tertiary/aromatic N) is 2. The molecule has 0 spiro atoms. The maximum absolute atomic E-state index is 12.3. The molecule has 0 unspecified atom stereocenters. The maximum Gasteiger partial charge on any atom is 0.152 e. The monoisotopic (exact) mass is 382 g/mol. The molecule has 2 aromatic carbocycles. The maximum atomic E-state index is 12.3. The molecule has 5 nitrogen and oxygen atoms in total. The van der Waals surface area contributed by atoms with E-state index in [9.17, 15) is 4.79 Å². The molecule has 4 rings (SSSR count). The number of pyridine rings is 2. The zero-order chi connectivity index (χ0) is 20.2. The van der Waals surface area contributed by atoms with Crippen molar-refractivity contribution in [1.29, 1.82) is 0 Å². The number of carbonyl (C=O) groups excluding carboxylic acids is 1. The number of Topliss-reactive ketones (excluding diaryl/α,β-unsaturated/α-hetero) is 1. The van der Waals surface area contributed by atoms with E-state index in [2.05, 4.69) is 27.9 Å². The Balaban J connectivity index is 1.33. The number of nitrogens with two attached hydrogens (primary N) is 1. The SMILES string of the molecule is C=C(NCC(=O)CCc1ccc2c(N)nccc2c1)c1ccc2ccccc2n1. The largest absolute Gasteiger partial charge is 0.383 e. The molecule has 0 amide bonds. The molecule has 2 aromatic heterocycles. The van der Waals surface area contributed by atoms with Crippen LogP contribution in [0.15, 0.2) is 73.4 Å². The van der Waals surface area contributed by atoms with Crippen molar-refractivity contribution in [3.05, 3.63) is 84.7 Å². The van der Waals surface area contributed by atoms with Crippen LogP contribution in [0.3, 0.4) is 0 Å². The van der Waals surface area contributed by atoms with Gasteiger partial charge in [-0.25, -0.2) is 9.97 Å². The van der Waals surface area contributed by atoms with Crippen LogP contribution in [-0.2, 0) is 11.2 Å². The molecule has 0 saturated carbocycles. The lowest BCUT2D eigenvalue weighted by atomic mass is 10.0. The summed E-state index contributed by atoms with van der Waals surface area (Å²) < 4.78 is 0. The summed E-state index contributed by atoms with van der Waals surface area (Å²) in [7, 11) is 0. The Morgan fingerprint density at radius 1 is 1.03 bits per heavy atom. The van der Waals surface area contributed by atoms with Gasteiger partial charge in [-0.15, -0.1) is 0 Å². The van der Waals surface area contributed by atoms with Gasteiger partial charge in [0.1, 0.15) is 5.82 Å². The zero-order valence-electron chi connectivity index (χ0n) is 16.1. The van der Waals surface area contributed by atoms with Crippen LogP contribution in [0, 0.1) is 0 Å². The van der Waals surface area contributed by atoms with E-state index in [0.29, 0.717) is 24.4 Å². The molecule has 0 saturated heterocycles. The molecule has 3 N–H and O–H groups in total. The first-order valence-corrected chi connectivity index (χ1v) is 9.54. The van der Waals surface area contributed by atoms with E-state index in [4.69, 9.17) is 5.73 Å². The number of nitrogen functional groups attached to an aromatic ring is 1. The summed E-state index contributed by atoms with van der Waals surface area (Å²) in [5, 5.41) is 6.15. The summed E-state index contributed by atoms with van der Waals surface area (Å²) in [6, 6.07) is 19.8. The van der Waals surface area contributed by atoms with Crippen LogP contribution in [-0.4, -0.2) is 22.3 Å². The van der Waals surface area contributed by atoms with Crippen LogP contribution in [0.2, 0.25) is 0 Å². The van der Waals surface area contributed by atoms with Gasteiger partial charge in [0.15, 0.2) is 5.78 Å². The minimum absolute atomic E-state index is 0.126. The Morgan fingerprint density at radius 2 is 1.90 bits per heavy atom. The van der Waals surface area contributed by atoms with Gasteiger partial charge in [0, 0.05) is 23.4 Å². The number of ketones is 1. The summed E-state index contributed by atoms with van der Waals surface area (Å²) in [4.78, 5) is 21.0. The predicted octanol–water partition coefficient (Wildman–Crippen LogP) is 4.13. The molecule has 2 heterocycles. The fraction of sp³-hybridized carbons (Fsp3) is 0.125. The van der Waals surface area contributed by atoms with E-state index in [1.165, 1.54) is 0 Å². The highest BCUT2D eigenvalue weighted by molar-refractivity contribution is 5.91. The van der Waals surface area contributed by atoms with Crippen molar-refractivity contribution in [2.45, 2.75) is 12.8 Å². The standard InChI is InChI=1S/C24H22N4O/c1-16(22-11-8-18-4-2-3-5-23(18)28-22)27-15-20(29)9-6-17-7-10-21-19(14-17)12-13-26-24(21)25/h2-5,7-8,10-14,27H,1,6,9,15H2,(H2,25,26). The number of hydrogen-bond donors (Lipinski definition) is 2. The Hall–Kier alpha value is -3.73. The smallest absolute Gasteiger partial charge is 0.152 e. The molecule has 0 aliphatic heterocycles. The molecule has 4 aromatic rings.